The maximum absolute atomic E-state index is 6.03. The molecule has 4 heteroatoms. The van der Waals surface area contributed by atoms with Crippen LogP contribution in [0.4, 0.5) is 0 Å². The van der Waals surface area contributed by atoms with Crippen LogP contribution in [0.1, 0.15) is 25.7 Å². The highest BCUT2D eigenvalue weighted by molar-refractivity contribution is 4.93. The number of hydrogen-bond acceptors (Lipinski definition) is 4. The number of hydrogen-bond donors (Lipinski definition) is 0. The fraction of sp³-hybridized carbons (Fsp3) is 1.00. The Morgan fingerprint density at radius 1 is 0.500 bits per heavy atom. The molecule has 0 aliphatic carbocycles. The van der Waals surface area contributed by atoms with Gasteiger partial charge in [0.05, 0.1) is 37.6 Å². The predicted octanol–water partition coefficient (Wildman–Crippen LogP) is 0.879. The lowest BCUT2D eigenvalue weighted by molar-refractivity contribution is -0.0732. The van der Waals surface area contributed by atoms with Crippen molar-refractivity contribution >= 4 is 0 Å². The Morgan fingerprint density at radius 3 is 1.12 bits per heavy atom. The average molecular weight is 226 g/mol. The third kappa shape index (κ3) is 1.78. The first-order valence-corrected chi connectivity index (χ1v) is 6.44. The molecule has 0 unspecified atom stereocenters. The highest BCUT2D eigenvalue weighted by Gasteiger charge is 2.46. The van der Waals surface area contributed by atoms with Crippen molar-refractivity contribution in [1.82, 2.24) is 0 Å². The van der Waals surface area contributed by atoms with Gasteiger partial charge in [-0.3, -0.25) is 0 Å². The number of epoxide rings is 2. The Bertz CT molecular complexity index is 246. The largest absolute Gasteiger partial charge is 0.370 e. The van der Waals surface area contributed by atoms with Gasteiger partial charge in [-0.15, -0.1) is 0 Å². The highest BCUT2D eigenvalue weighted by atomic mass is 16.6. The smallest absolute Gasteiger partial charge is 0.107 e. The second-order valence-electron chi connectivity index (χ2n) is 5.32. The summed E-state index contributed by atoms with van der Waals surface area (Å²) in [6.45, 7) is 1.78. The Labute approximate surface area is 95.2 Å². The minimum Gasteiger partial charge on any atom is -0.370 e. The molecule has 4 aliphatic rings. The van der Waals surface area contributed by atoms with Crippen LogP contribution in [0.25, 0.3) is 0 Å². The molecule has 4 heterocycles. The third-order valence-electron chi connectivity index (χ3n) is 4.13. The second-order valence-corrected chi connectivity index (χ2v) is 5.32. The summed E-state index contributed by atoms with van der Waals surface area (Å²) in [5, 5.41) is 0. The van der Waals surface area contributed by atoms with E-state index in [-0.39, 0.29) is 0 Å². The molecule has 0 spiro atoms. The molecule has 16 heavy (non-hydrogen) atoms. The van der Waals surface area contributed by atoms with Crippen molar-refractivity contribution < 1.29 is 18.9 Å². The van der Waals surface area contributed by atoms with E-state index in [0.29, 0.717) is 36.6 Å². The normalized spacial score (nSPS) is 55.5. The van der Waals surface area contributed by atoms with Crippen molar-refractivity contribution in [3.63, 3.8) is 0 Å². The first-order valence-electron chi connectivity index (χ1n) is 6.44. The summed E-state index contributed by atoms with van der Waals surface area (Å²) >= 11 is 0. The molecule has 0 radical (unpaired) electrons. The Kier molecular flexibility index (Phi) is 2.25. The Morgan fingerprint density at radius 2 is 0.812 bits per heavy atom. The summed E-state index contributed by atoms with van der Waals surface area (Å²) < 4.78 is 22.6. The molecule has 0 bridgehead atoms. The molecule has 4 rings (SSSR count). The van der Waals surface area contributed by atoms with Gasteiger partial charge >= 0.3 is 0 Å². The fourth-order valence-corrected chi connectivity index (χ4v) is 3.01. The molecule has 0 saturated carbocycles. The zero-order valence-corrected chi connectivity index (χ0v) is 9.34. The molecule has 0 aromatic heterocycles. The van der Waals surface area contributed by atoms with E-state index in [4.69, 9.17) is 18.9 Å². The van der Waals surface area contributed by atoms with Crippen LogP contribution in [-0.2, 0) is 18.9 Å². The van der Waals surface area contributed by atoms with E-state index in [1.165, 1.54) is 0 Å². The summed E-state index contributed by atoms with van der Waals surface area (Å²) in [5.74, 6) is 0. The van der Waals surface area contributed by atoms with E-state index in [1.54, 1.807) is 0 Å². The summed E-state index contributed by atoms with van der Waals surface area (Å²) in [7, 11) is 0. The minimum atomic E-state index is 0.304. The quantitative estimate of drug-likeness (QED) is 0.670. The van der Waals surface area contributed by atoms with E-state index in [9.17, 15) is 0 Å². The van der Waals surface area contributed by atoms with Crippen LogP contribution in [0.15, 0.2) is 0 Å². The lowest BCUT2D eigenvalue weighted by Crippen LogP contribution is -2.29. The topological polar surface area (TPSA) is 43.5 Å². The van der Waals surface area contributed by atoms with Gasteiger partial charge in [-0.1, -0.05) is 0 Å². The maximum Gasteiger partial charge on any atom is 0.107 e. The Hall–Kier alpha value is -0.160. The monoisotopic (exact) mass is 226 g/mol. The molecule has 4 aliphatic heterocycles. The van der Waals surface area contributed by atoms with Gasteiger partial charge in [0, 0.05) is 0 Å². The second kappa shape index (κ2) is 3.67. The van der Waals surface area contributed by atoms with Gasteiger partial charge in [0.15, 0.2) is 0 Å². The lowest BCUT2D eigenvalue weighted by Gasteiger charge is -2.19. The van der Waals surface area contributed by atoms with Crippen molar-refractivity contribution in [2.75, 3.05) is 13.2 Å². The van der Waals surface area contributed by atoms with Crippen LogP contribution < -0.4 is 0 Å². The molecular weight excluding hydrogens is 208 g/mol. The first-order chi connectivity index (χ1) is 7.90. The molecule has 4 nitrogen and oxygen atoms in total. The van der Waals surface area contributed by atoms with Gasteiger partial charge < -0.3 is 18.9 Å². The van der Waals surface area contributed by atoms with E-state index in [1.807, 2.05) is 0 Å². The summed E-state index contributed by atoms with van der Waals surface area (Å²) in [6.07, 6.45) is 6.59. The third-order valence-corrected chi connectivity index (χ3v) is 4.13. The SMILES string of the molecule is C1O[C@@H]1[C@H]1CC[C@H]([C@H]2CC[C@H]([C@H]3CO3)O2)O1. The standard InChI is InChI=1S/C12H18O4/c1-3-9(11-5-13-11)15-7(1)8-2-4-10(16-8)12-6-14-12/h7-12H,1-6H2/t7-,8-,9-,10-,11-,12+/m1/s1. The van der Waals surface area contributed by atoms with Gasteiger partial charge in [0.25, 0.3) is 0 Å². The van der Waals surface area contributed by atoms with Gasteiger partial charge in [-0.25, -0.2) is 0 Å². The van der Waals surface area contributed by atoms with E-state index in [2.05, 4.69) is 0 Å². The van der Waals surface area contributed by atoms with Gasteiger partial charge in [-0.2, -0.15) is 0 Å². The summed E-state index contributed by atoms with van der Waals surface area (Å²) in [5.41, 5.74) is 0. The predicted molar refractivity (Wildman–Crippen MR) is 55.3 cm³/mol. The van der Waals surface area contributed by atoms with Crippen molar-refractivity contribution in [1.29, 1.82) is 0 Å². The fourth-order valence-electron chi connectivity index (χ4n) is 3.01. The van der Waals surface area contributed by atoms with Crippen molar-refractivity contribution in [2.24, 2.45) is 0 Å². The summed E-state index contributed by atoms with van der Waals surface area (Å²) in [6, 6.07) is 0. The van der Waals surface area contributed by atoms with Crippen LogP contribution in [0.2, 0.25) is 0 Å². The number of rotatable bonds is 3. The minimum absolute atomic E-state index is 0.304. The van der Waals surface area contributed by atoms with Gasteiger partial charge in [-0.05, 0) is 25.7 Å². The molecule has 0 aromatic rings. The van der Waals surface area contributed by atoms with Crippen molar-refractivity contribution in [3.8, 4) is 0 Å². The molecule has 4 saturated heterocycles. The van der Waals surface area contributed by atoms with Crippen molar-refractivity contribution in [2.45, 2.75) is 62.3 Å². The lowest BCUT2D eigenvalue weighted by atomic mass is 10.1. The average Bonchev–Trinajstić information content (AvgIpc) is 3.23. The zero-order chi connectivity index (χ0) is 10.5. The van der Waals surface area contributed by atoms with E-state index >= 15 is 0 Å². The Balaban J connectivity index is 1.33. The number of ether oxygens (including phenoxy) is 4. The molecular formula is C12H18O4. The highest BCUT2D eigenvalue weighted by Crippen LogP contribution is 2.37. The molecule has 0 aromatic carbocycles. The van der Waals surface area contributed by atoms with Crippen molar-refractivity contribution in [3.05, 3.63) is 0 Å². The molecule has 90 valence electrons. The van der Waals surface area contributed by atoms with Crippen LogP contribution in [0.3, 0.4) is 0 Å². The van der Waals surface area contributed by atoms with Crippen LogP contribution in [-0.4, -0.2) is 49.8 Å². The van der Waals surface area contributed by atoms with Crippen LogP contribution >= 0.6 is 0 Å². The summed E-state index contributed by atoms with van der Waals surface area (Å²) in [4.78, 5) is 0. The van der Waals surface area contributed by atoms with Crippen LogP contribution in [0, 0.1) is 0 Å². The molecule has 4 fully saturated rings. The van der Waals surface area contributed by atoms with E-state index < -0.39 is 0 Å². The van der Waals surface area contributed by atoms with Gasteiger partial charge in [0.1, 0.15) is 12.2 Å². The first kappa shape index (κ1) is 9.83. The molecule has 0 N–H and O–H groups in total. The van der Waals surface area contributed by atoms with E-state index in [0.717, 1.165) is 38.9 Å². The molecule has 6 atom stereocenters. The maximum atomic E-state index is 6.03. The van der Waals surface area contributed by atoms with Crippen LogP contribution in [0.5, 0.6) is 0 Å². The van der Waals surface area contributed by atoms with Gasteiger partial charge in [0.2, 0.25) is 0 Å². The molecule has 0 amide bonds. The zero-order valence-electron chi connectivity index (χ0n) is 9.34.